The van der Waals surface area contributed by atoms with E-state index >= 15 is 0 Å². The third-order valence-electron chi connectivity index (χ3n) is 3.47. The molecule has 0 aromatic heterocycles. The highest BCUT2D eigenvalue weighted by molar-refractivity contribution is 5.96. The van der Waals surface area contributed by atoms with Crippen molar-refractivity contribution in [3.8, 4) is 0 Å². The zero-order chi connectivity index (χ0) is 18.1. The first-order chi connectivity index (χ1) is 11.4. The van der Waals surface area contributed by atoms with Crippen LogP contribution in [-0.4, -0.2) is 36.6 Å². The Balaban J connectivity index is 3.25. The lowest BCUT2D eigenvalue weighted by Crippen LogP contribution is -2.36. The third kappa shape index (κ3) is 5.31. The first-order valence-electron chi connectivity index (χ1n) is 7.68. The van der Waals surface area contributed by atoms with Crippen LogP contribution in [0.1, 0.15) is 30.9 Å². The molecule has 0 aliphatic carbocycles. The molecule has 8 nitrogen and oxygen atoms in total. The summed E-state index contributed by atoms with van der Waals surface area (Å²) in [5.74, 6) is -4.03. The molecular formula is C16H22N2O6. The second-order valence-corrected chi connectivity index (χ2v) is 5.05. The molecule has 1 aromatic rings. The van der Waals surface area contributed by atoms with Gasteiger partial charge in [0, 0.05) is 11.5 Å². The number of nitrogens with two attached hydrogens (primary N) is 1. The summed E-state index contributed by atoms with van der Waals surface area (Å²) in [6.45, 7) is 3.04. The van der Waals surface area contributed by atoms with Crippen molar-refractivity contribution in [3.05, 3.63) is 45.5 Å². The zero-order valence-electron chi connectivity index (χ0n) is 13.8. The summed E-state index contributed by atoms with van der Waals surface area (Å²) < 4.78 is 9.84. The summed E-state index contributed by atoms with van der Waals surface area (Å²) in [5.41, 5.74) is 6.85. The summed E-state index contributed by atoms with van der Waals surface area (Å²) in [7, 11) is 0. The molecule has 2 N–H and O–H groups in total. The van der Waals surface area contributed by atoms with E-state index in [9.17, 15) is 19.7 Å². The van der Waals surface area contributed by atoms with E-state index in [-0.39, 0.29) is 13.2 Å². The molecule has 0 radical (unpaired) electrons. The minimum atomic E-state index is -1.39. The van der Waals surface area contributed by atoms with Crippen molar-refractivity contribution < 1.29 is 24.0 Å². The van der Waals surface area contributed by atoms with Crippen LogP contribution in [0, 0.1) is 16.0 Å². The van der Waals surface area contributed by atoms with E-state index < -0.39 is 35.2 Å². The molecule has 8 heteroatoms. The van der Waals surface area contributed by atoms with Crippen LogP contribution in [0.2, 0.25) is 0 Å². The molecule has 0 bridgehead atoms. The van der Waals surface area contributed by atoms with Crippen LogP contribution in [0.25, 0.3) is 0 Å². The molecule has 0 saturated carbocycles. The number of carbonyl (C=O) groups excluding carboxylic acids is 2. The summed E-state index contributed by atoms with van der Waals surface area (Å²) >= 11 is 0. The second-order valence-electron chi connectivity index (χ2n) is 5.05. The lowest BCUT2D eigenvalue weighted by atomic mass is 9.85. The smallest absolute Gasteiger partial charge is 0.321 e. The first-order valence-corrected chi connectivity index (χ1v) is 7.68. The summed E-state index contributed by atoms with van der Waals surface area (Å²) in [5, 5.41) is 11.1. The van der Waals surface area contributed by atoms with Gasteiger partial charge in [-0.1, -0.05) is 24.3 Å². The number of nitrogens with zero attached hydrogens (tertiary/aromatic N) is 1. The maximum absolute atomic E-state index is 12.2. The molecule has 1 unspecified atom stereocenters. The van der Waals surface area contributed by atoms with Crippen molar-refractivity contribution in [2.75, 3.05) is 19.8 Å². The van der Waals surface area contributed by atoms with Crippen molar-refractivity contribution in [1.29, 1.82) is 0 Å². The highest BCUT2D eigenvalue weighted by Gasteiger charge is 2.41. The molecule has 1 aromatic carbocycles. The summed E-state index contributed by atoms with van der Waals surface area (Å²) in [4.78, 5) is 34.9. The van der Waals surface area contributed by atoms with Crippen LogP contribution in [0.4, 0.5) is 0 Å². The van der Waals surface area contributed by atoms with Gasteiger partial charge in [0.1, 0.15) is 0 Å². The molecule has 0 spiro atoms. The number of esters is 2. The number of nitro groups is 1. The molecule has 0 aliphatic rings. The Morgan fingerprint density at radius 1 is 1.12 bits per heavy atom. The van der Waals surface area contributed by atoms with Gasteiger partial charge in [-0.2, -0.15) is 0 Å². The molecule has 1 rings (SSSR count). The molecule has 0 aliphatic heterocycles. The van der Waals surface area contributed by atoms with Crippen molar-refractivity contribution in [1.82, 2.24) is 0 Å². The summed E-state index contributed by atoms with van der Waals surface area (Å²) in [6.07, 6.45) is 0. The van der Waals surface area contributed by atoms with Gasteiger partial charge in [0.25, 0.3) is 0 Å². The van der Waals surface area contributed by atoms with E-state index in [4.69, 9.17) is 15.2 Å². The van der Waals surface area contributed by atoms with Gasteiger partial charge in [-0.25, -0.2) is 0 Å². The quantitative estimate of drug-likeness (QED) is 0.311. The van der Waals surface area contributed by atoms with Crippen molar-refractivity contribution in [3.63, 3.8) is 0 Å². The largest absolute Gasteiger partial charge is 0.465 e. The molecule has 132 valence electrons. The number of carbonyl (C=O) groups is 2. The van der Waals surface area contributed by atoms with Gasteiger partial charge < -0.3 is 15.2 Å². The lowest BCUT2D eigenvalue weighted by molar-refractivity contribution is -0.484. The van der Waals surface area contributed by atoms with Crippen LogP contribution in [0.15, 0.2) is 24.3 Å². The minimum Gasteiger partial charge on any atom is -0.465 e. The Kier molecular flexibility index (Phi) is 7.84. The fourth-order valence-electron chi connectivity index (χ4n) is 2.35. The van der Waals surface area contributed by atoms with E-state index in [1.807, 2.05) is 0 Å². The molecular weight excluding hydrogens is 316 g/mol. The molecule has 0 saturated heterocycles. The highest BCUT2D eigenvalue weighted by atomic mass is 16.6. The Morgan fingerprint density at radius 3 is 2.00 bits per heavy atom. The SMILES string of the molecule is CCOC(=O)C(C(=O)OCC)C(C[N+](=O)[O-])c1ccc(CN)cc1. The van der Waals surface area contributed by atoms with Crippen molar-refractivity contribution in [2.24, 2.45) is 11.7 Å². The number of benzene rings is 1. The summed E-state index contributed by atoms with van der Waals surface area (Å²) in [6, 6.07) is 6.66. The van der Waals surface area contributed by atoms with Gasteiger partial charge in [0.15, 0.2) is 5.92 Å². The Morgan fingerprint density at radius 2 is 1.62 bits per heavy atom. The third-order valence-corrected chi connectivity index (χ3v) is 3.47. The topological polar surface area (TPSA) is 122 Å². The van der Waals surface area contributed by atoms with Gasteiger partial charge in [-0.05, 0) is 25.0 Å². The van der Waals surface area contributed by atoms with E-state index in [2.05, 4.69) is 0 Å². The highest BCUT2D eigenvalue weighted by Crippen LogP contribution is 2.28. The maximum Gasteiger partial charge on any atom is 0.321 e. The van der Waals surface area contributed by atoms with E-state index in [0.717, 1.165) is 5.56 Å². The number of hydrogen-bond acceptors (Lipinski definition) is 7. The van der Waals surface area contributed by atoms with Crippen LogP contribution in [0.5, 0.6) is 0 Å². The number of ether oxygens (including phenoxy) is 2. The second kappa shape index (κ2) is 9.61. The molecule has 24 heavy (non-hydrogen) atoms. The predicted octanol–water partition coefficient (Wildman–Crippen LogP) is 1.25. The standard InChI is InChI=1S/C16H22N2O6/c1-3-23-15(19)14(16(20)24-4-2)13(10-18(21)22)12-7-5-11(9-17)6-8-12/h5-8,13-14H,3-4,9-10,17H2,1-2H3. The van der Waals surface area contributed by atoms with Crippen LogP contribution in [-0.2, 0) is 25.6 Å². The lowest BCUT2D eigenvalue weighted by Gasteiger charge is -2.22. The average Bonchev–Trinajstić information content (AvgIpc) is 2.54. The first kappa shape index (κ1) is 19.6. The van der Waals surface area contributed by atoms with E-state index in [1.165, 1.54) is 0 Å². The average molecular weight is 338 g/mol. The van der Waals surface area contributed by atoms with Gasteiger partial charge in [0.2, 0.25) is 6.54 Å². The monoisotopic (exact) mass is 338 g/mol. The van der Waals surface area contributed by atoms with Gasteiger partial charge in [-0.15, -0.1) is 0 Å². The van der Waals surface area contributed by atoms with Crippen molar-refractivity contribution >= 4 is 11.9 Å². The predicted molar refractivity (Wildman–Crippen MR) is 85.7 cm³/mol. The Labute approximate surface area is 140 Å². The Bertz CT molecular complexity index is 554. The van der Waals surface area contributed by atoms with E-state index in [0.29, 0.717) is 12.1 Å². The van der Waals surface area contributed by atoms with Gasteiger partial charge in [0.05, 0.1) is 19.1 Å². The molecule has 0 amide bonds. The fraction of sp³-hybridized carbons (Fsp3) is 0.500. The molecule has 1 atom stereocenters. The molecule has 0 heterocycles. The van der Waals surface area contributed by atoms with Gasteiger partial charge >= 0.3 is 11.9 Å². The van der Waals surface area contributed by atoms with Crippen LogP contribution in [0.3, 0.4) is 0 Å². The van der Waals surface area contributed by atoms with Crippen LogP contribution < -0.4 is 5.73 Å². The maximum atomic E-state index is 12.2. The normalized spacial score (nSPS) is 11.8. The minimum absolute atomic E-state index is 0.0615. The Hall–Kier alpha value is -2.48. The molecule has 0 fully saturated rings. The van der Waals surface area contributed by atoms with Crippen molar-refractivity contribution in [2.45, 2.75) is 26.3 Å². The van der Waals surface area contributed by atoms with Crippen LogP contribution >= 0.6 is 0 Å². The number of rotatable bonds is 9. The fourth-order valence-corrected chi connectivity index (χ4v) is 2.35. The zero-order valence-corrected chi connectivity index (χ0v) is 13.8. The van der Waals surface area contributed by atoms with Gasteiger partial charge in [-0.3, -0.25) is 19.7 Å². The number of hydrogen-bond donors (Lipinski definition) is 1. The van der Waals surface area contributed by atoms with E-state index in [1.54, 1.807) is 38.1 Å².